The molecule has 0 aromatic carbocycles. The van der Waals surface area contributed by atoms with Crippen molar-refractivity contribution in [2.24, 2.45) is 4.99 Å². The van der Waals surface area contributed by atoms with Crippen molar-refractivity contribution in [1.82, 2.24) is 15.5 Å². The van der Waals surface area contributed by atoms with Gasteiger partial charge in [-0.2, -0.15) is 0 Å². The summed E-state index contributed by atoms with van der Waals surface area (Å²) in [5.41, 5.74) is 0. The molecule has 0 spiro atoms. The zero-order chi connectivity index (χ0) is 16.8. The Kier molecular flexibility index (Phi) is 6.15. The molecule has 0 aliphatic carbocycles. The fourth-order valence-electron chi connectivity index (χ4n) is 3.64. The first-order valence-electron chi connectivity index (χ1n) is 9.14. The molecule has 3 atom stereocenters. The molecule has 2 aliphatic heterocycles. The molecule has 134 valence electrons. The van der Waals surface area contributed by atoms with E-state index in [2.05, 4.69) is 33.5 Å². The SMILES string of the molecule is CN=C(NCC(c1ccco1)N1CCCC1)NC(C)C1CCCO1. The van der Waals surface area contributed by atoms with Crippen LogP contribution in [-0.4, -0.2) is 56.3 Å². The van der Waals surface area contributed by atoms with Crippen LogP contribution in [0.15, 0.2) is 27.8 Å². The van der Waals surface area contributed by atoms with Gasteiger partial charge in [0.2, 0.25) is 0 Å². The quantitative estimate of drug-likeness (QED) is 0.616. The Morgan fingerprint density at radius 3 is 2.83 bits per heavy atom. The molecule has 0 bridgehead atoms. The van der Waals surface area contributed by atoms with Crippen molar-refractivity contribution in [3.63, 3.8) is 0 Å². The number of likely N-dealkylation sites (tertiary alicyclic amines) is 1. The summed E-state index contributed by atoms with van der Waals surface area (Å²) in [6.45, 7) is 6.08. The van der Waals surface area contributed by atoms with Gasteiger partial charge in [-0.15, -0.1) is 0 Å². The van der Waals surface area contributed by atoms with Gasteiger partial charge in [0.1, 0.15) is 5.76 Å². The van der Waals surface area contributed by atoms with Crippen molar-refractivity contribution in [1.29, 1.82) is 0 Å². The number of hydrogen-bond donors (Lipinski definition) is 2. The highest BCUT2D eigenvalue weighted by atomic mass is 16.5. The summed E-state index contributed by atoms with van der Waals surface area (Å²) in [5, 5.41) is 6.94. The lowest BCUT2D eigenvalue weighted by Gasteiger charge is -2.28. The maximum absolute atomic E-state index is 5.76. The van der Waals surface area contributed by atoms with E-state index >= 15 is 0 Å². The molecule has 2 fully saturated rings. The van der Waals surface area contributed by atoms with Gasteiger partial charge >= 0.3 is 0 Å². The average molecular weight is 334 g/mol. The number of nitrogens with zero attached hydrogens (tertiary/aromatic N) is 2. The lowest BCUT2D eigenvalue weighted by atomic mass is 10.1. The van der Waals surface area contributed by atoms with Gasteiger partial charge in [0.05, 0.1) is 24.5 Å². The molecule has 0 radical (unpaired) electrons. The maximum atomic E-state index is 5.76. The van der Waals surface area contributed by atoms with Gasteiger partial charge in [0.15, 0.2) is 5.96 Å². The van der Waals surface area contributed by atoms with E-state index in [0.717, 1.165) is 50.8 Å². The van der Waals surface area contributed by atoms with Crippen LogP contribution in [0, 0.1) is 0 Å². The smallest absolute Gasteiger partial charge is 0.191 e. The summed E-state index contributed by atoms with van der Waals surface area (Å²) >= 11 is 0. The predicted molar refractivity (Wildman–Crippen MR) is 95.2 cm³/mol. The monoisotopic (exact) mass is 334 g/mol. The van der Waals surface area contributed by atoms with Crippen LogP contribution >= 0.6 is 0 Å². The molecular formula is C18H30N4O2. The molecule has 6 heteroatoms. The Balaban J connectivity index is 1.56. The van der Waals surface area contributed by atoms with Crippen molar-refractivity contribution < 1.29 is 9.15 Å². The van der Waals surface area contributed by atoms with E-state index in [-0.39, 0.29) is 18.2 Å². The highest BCUT2D eigenvalue weighted by Gasteiger charge is 2.27. The first kappa shape index (κ1) is 17.3. The Labute approximate surface area is 144 Å². The summed E-state index contributed by atoms with van der Waals surface area (Å²) in [6.07, 6.45) is 6.83. The van der Waals surface area contributed by atoms with E-state index in [0.29, 0.717) is 0 Å². The number of ether oxygens (including phenoxy) is 1. The first-order valence-corrected chi connectivity index (χ1v) is 9.14. The molecule has 0 amide bonds. The number of nitrogens with one attached hydrogen (secondary N) is 2. The van der Waals surface area contributed by atoms with E-state index in [1.165, 1.54) is 12.8 Å². The first-order chi connectivity index (χ1) is 11.8. The zero-order valence-corrected chi connectivity index (χ0v) is 14.8. The van der Waals surface area contributed by atoms with Crippen LogP contribution in [0.1, 0.15) is 44.4 Å². The second-order valence-electron chi connectivity index (χ2n) is 6.71. The molecule has 1 aromatic rings. The maximum Gasteiger partial charge on any atom is 0.191 e. The minimum Gasteiger partial charge on any atom is -0.468 e. The van der Waals surface area contributed by atoms with Gasteiger partial charge in [-0.25, -0.2) is 0 Å². The Hall–Kier alpha value is -1.53. The summed E-state index contributed by atoms with van der Waals surface area (Å²) in [5.74, 6) is 1.85. The van der Waals surface area contributed by atoms with Crippen LogP contribution in [0.25, 0.3) is 0 Å². The topological polar surface area (TPSA) is 62.0 Å². The van der Waals surface area contributed by atoms with E-state index in [9.17, 15) is 0 Å². The van der Waals surface area contributed by atoms with Crippen LogP contribution in [-0.2, 0) is 4.74 Å². The average Bonchev–Trinajstić information content (AvgIpc) is 3.36. The summed E-state index contributed by atoms with van der Waals surface area (Å²) in [7, 11) is 1.81. The van der Waals surface area contributed by atoms with Crippen molar-refractivity contribution in [3.05, 3.63) is 24.2 Å². The Bertz CT molecular complexity index is 505. The molecular weight excluding hydrogens is 304 g/mol. The molecule has 3 rings (SSSR count). The fourth-order valence-corrected chi connectivity index (χ4v) is 3.64. The lowest BCUT2D eigenvalue weighted by molar-refractivity contribution is 0.0890. The molecule has 0 saturated carbocycles. The molecule has 2 saturated heterocycles. The van der Waals surface area contributed by atoms with E-state index in [1.807, 2.05) is 13.1 Å². The van der Waals surface area contributed by atoms with Crippen LogP contribution in [0.2, 0.25) is 0 Å². The van der Waals surface area contributed by atoms with E-state index in [4.69, 9.17) is 9.15 Å². The fraction of sp³-hybridized carbons (Fsp3) is 0.722. The minimum atomic E-state index is 0.249. The Morgan fingerprint density at radius 1 is 1.38 bits per heavy atom. The molecule has 2 aliphatic rings. The van der Waals surface area contributed by atoms with Crippen LogP contribution < -0.4 is 10.6 Å². The van der Waals surface area contributed by atoms with Gasteiger partial charge < -0.3 is 19.8 Å². The van der Waals surface area contributed by atoms with Crippen LogP contribution in [0.3, 0.4) is 0 Å². The third kappa shape index (κ3) is 4.30. The van der Waals surface area contributed by atoms with Gasteiger partial charge in [0.25, 0.3) is 0 Å². The summed E-state index contributed by atoms with van der Waals surface area (Å²) in [4.78, 5) is 6.86. The van der Waals surface area contributed by atoms with Crippen molar-refractivity contribution in [2.75, 3.05) is 33.3 Å². The normalized spacial score (nSPS) is 24.9. The minimum absolute atomic E-state index is 0.249. The number of hydrogen-bond acceptors (Lipinski definition) is 4. The van der Waals surface area contributed by atoms with E-state index < -0.39 is 0 Å². The van der Waals surface area contributed by atoms with Crippen molar-refractivity contribution in [3.8, 4) is 0 Å². The number of furan rings is 1. The molecule has 3 unspecified atom stereocenters. The van der Waals surface area contributed by atoms with Crippen molar-refractivity contribution in [2.45, 2.75) is 50.8 Å². The number of guanidine groups is 1. The molecule has 2 N–H and O–H groups in total. The van der Waals surface area contributed by atoms with Crippen LogP contribution in [0.5, 0.6) is 0 Å². The van der Waals surface area contributed by atoms with Gasteiger partial charge in [-0.05, 0) is 57.8 Å². The third-order valence-electron chi connectivity index (χ3n) is 5.03. The molecule has 24 heavy (non-hydrogen) atoms. The number of rotatable bonds is 6. The van der Waals surface area contributed by atoms with Gasteiger partial charge in [-0.1, -0.05) is 0 Å². The van der Waals surface area contributed by atoms with E-state index in [1.54, 1.807) is 6.26 Å². The highest BCUT2D eigenvalue weighted by molar-refractivity contribution is 5.80. The molecule has 3 heterocycles. The molecule has 1 aromatic heterocycles. The van der Waals surface area contributed by atoms with Crippen LogP contribution in [0.4, 0.5) is 0 Å². The number of aliphatic imine (C=N–C) groups is 1. The second-order valence-corrected chi connectivity index (χ2v) is 6.71. The van der Waals surface area contributed by atoms with Gasteiger partial charge in [0, 0.05) is 20.2 Å². The second kappa shape index (κ2) is 8.53. The summed E-state index contributed by atoms with van der Waals surface area (Å²) < 4.78 is 11.4. The predicted octanol–water partition coefficient (Wildman–Crippen LogP) is 2.15. The molecule has 6 nitrogen and oxygen atoms in total. The van der Waals surface area contributed by atoms with Gasteiger partial charge in [-0.3, -0.25) is 9.89 Å². The Morgan fingerprint density at radius 2 is 2.21 bits per heavy atom. The largest absolute Gasteiger partial charge is 0.468 e. The lowest BCUT2D eigenvalue weighted by Crippen LogP contribution is -2.48. The summed E-state index contributed by atoms with van der Waals surface area (Å²) in [6, 6.07) is 4.53. The third-order valence-corrected chi connectivity index (χ3v) is 5.03. The van der Waals surface area contributed by atoms with Crippen molar-refractivity contribution >= 4 is 5.96 Å². The standard InChI is InChI=1S/C18H30N4O2/c1-14(16-7-5-11-23-16)21-18(19-2)20-13-15(17-8-6-12-24-17)22-9-3-4-10-22/h6,8,12,14-16H,3-5,7,9-11,13H2,1-2H3,(H2,19,20,21). The highest BCUT2D eigenvalue weighted by Crippen LogP contribution is 2.24. The zero-order valence-electron chi connectivity index (χ0n) is 14.8.